The van der Waals surface area contributed by atoms with E-state index in [-0.39, 0.29) is 18.7 Å². The number of carbonyl (C=O) groups excluding carboxylic acids is 2. The molecule has 7 nitrogen and oxygen atoms in total. The van der Waals surface area contributed by atoms with Crippen molar-refractivity contribution in [2.45, 2.75) is 25.4 Å². The van der Waals surface area contributed by atoms with Crippen molar-refractivity contribution >= 4 is 28.7 Å². The molecule has 1 fully saturated rings. The van der Waals surface area contributed by atoms with Crippen molar-refractivity contribution in [1.29, 1.82) is 0 Å². The van der Waals surface area contributed by atoms with E-state index in [1.54, 1.807) is 11.1 Å². The van der Waals surface area contributed by atoms with Crippen molar-refractivity contribution in [3.63, 3.8) is 0 Å². The second kappa shape index (κ2) is 8.41. The number of para-hydroxylation sites is 1. The monoisotopic (exact) mass is 405 g/mol. The summed E-state index contributed by atoms with van der Waals surface area (Å²) in [7, 11) is 0. The highest BCUT2D eigenvalue weighted by Gasteiger charge is 2.36. The fourth-order valence-electron chi connectivity index (χ4n) is 3.91. The number of H-pyrrole nitrogens is 1. The van der Waals surface area contributed by atoms with E-state index in [0.717, 1.165) is 22.0 Å². The van der Waals surface area contributed by atoms with E-state index in [1.165, 1.54) is 0 Å². The molecular weight excluding hydrogens is 382 g/mol. The Labute approximate surface area is 173 Å². The van der Waals surface area contributed by atoms with Crippen LogP contribution in [0.5, 0.6) is 0 Å². The lowest BCUT2D eigenvalue weighted by Gasteiger charge is -2.18. The average Bonchev–Trinajstić information content (AvgIpc) is 3.32. The molecule has 7 heteroatoms. The predicted octanol–water partition coefficient (Wildman–Crippen LogP) is 2.33. The van der Waals surface area contributed by atoms with Crippen LogP contribution in [-0.4, -0.2) is 45.4 Å². The van der Waals surface area contributed by atoms with Gasteiger partial charge in [0.1, 0.15) is 6.04 Å². The highest BCUT2D eigenvalue weighted by molar-refractivity contribution is 5.92. The molecule has 3 aromatic rings. The molecular formula is C23H23N3O4. The van der Waals surface area contributed by atoms with Gasteiger partial charge in [-0.1, -0.05) is 48.5 Å². The minimum atomic E-state index is -1.10. The Hall–Kier alpha value is -3.61. The summed E-state index contributed by atoms with van der Waals surface area (Å²) in [6.07, 6.45) is 2.03. The van der Waals surface area contributed by atoms with Crippen molar-refractivity contribution in [3.05, 3.63) is 71.9 Å². The minimum absolute atomic E-state index is 0.0949. The van der Waals surface area contributed by atoms with Gasteiger partial charge in [-0.05, 0) is 17.2 Å². The highest BCUT2D eigenvalue weighted by atomic mass is 16.4. The van der Waals surface area contributed by atoms with Crippen LogP contribution in [0.1, 0.15) is 17.5 Å². The predicted molar refractivity (Wildman–Crippen MR) is 112 cm³/mol. The first-order chi connectivity index (χ1) is 14.5. The molecule has 0 saturated carbocycles. The van der Waals surface area contributed by atoms with E-state index in [0.29, 0.717) is 13.1 Å². The molecule has 2 atom stereocenters. The number of aliphatic carboxylic acids is 1. The standard InChI is InChI=1S/C23H23N3O4/c27-21-11-17(14-26(21)13-15-6-2-1-3-7-15)22(28)25-20(23(29)30)10-16-12-24-19-9-5-4-8-18(16)19/h1-9,12,17,20,24H,10-11,13-14H2,(H,25,28)(H,29,30). The molecule has 2 heterocycles. The summed E-state index contributed by atoms with van der Waals surface area (Å²) in [4.78, 5) is 41.6. The second-order valence-electron chi connectivity index (χ2n) is 7.62. The first-order valence-electron chi connectivity index (χ1n) is 9.91. The van der Waals surface area contributed by atoms with Crippen LogP contribution < -0.4 is 5.32 Å². The number of carboxylic acid groups (broad SMARTS) is 1. The number of benzene rings is 2. The van der Waals surface area contributed by atoms with Crippen LogP contribution >= 0.6 is 0 Å². The van der Waals surface area contributed by atoms with Gasteiger partial charge in [0, 0.05) is 43.0 Å². The average molecular weight is 405 g/mol. The first-order valence-corrected chi connectivity index (χ1v) is 9.91. The summed E-state index contributed by atoms with van der Waals surface area (Å²) in [5.41, 5.74) is 2.74. The maximum Gasteiger partial charge on any atom is 0.326 e. The molecule has 154 valence electrons. The van der Waals surface area contributed by atoms with Crippen LogP contribution in [-0.2, 0) is 27.3 Å². The summed E-state index contributed by atoms with van der Waals surface area (Å²) in [5.74, 6) is -2.14. The zero-order valence-corrected chi connectivity index (χ0v) is 16.4. The molecule has 4 rings (SSSR count). The van der Waals surface area contributed by atoms with Crippen LogP contribution in [0.15, 0.2) is 60.8 Å². The lowest BCUT2D eigenvalue weighted by Crippen LogP contribution is -2.45. The summed E-state index contributed by atoms with van der Waals surface area (Å²) >= 11 is 0. The van der Waals surface area contributed by atoms with Gasteiger partial charge < -0.3 is 20.3 Å². The van der Waals surface area contributed by atoms with Gasteiger partial charge in [0.15, 0.2) is 0 Å². The third-order valence-electron chi connectivity index (χ3n) is 5.52. The number of hydrogen-bond donors (Lipinski definition) is 3. The van der Waals surface area contributed by atoms with Crippen molar-refractivity contribution in [2.24, 2.45) is 5.92 Å². The summed E-state index contributed by atoms with van der Waals surface area (Å²) in [6, 6.07) is 16.1. The van der Waals surface area contributed by atoms with Crippen molar-refractivity contribution < 1.29 is 19.5 Å². The molecule has 2 aromatic carbocycles. The SMILES string of the molecule is O=C(NC(Cc1c[nH]c2ccccc12)C(=O)O)C1CC(=O)N(Cc2ccccc2)C1. The topological polar surface area (TPSA) is 102 Å². The Balaban J connectivity index is 1.41. The molecule has 2 unspecified atom stereocenters. The van der Waals surface area contributed by atoms with E-state index < -0.39 is 23.8 Å². The van der Waals surface area contributed by atoms with Gasteiger partial charge in [-0.25, -0.2) is 4.79 Å². The zero-order chi connectivity index (χ0) is 21.1. The van der Waals surface area contributed by atoms with Gasteiger partial charge in [0.25, 0.3) is 0 Å². The Morgan fingerprint density at radius 3 is 2.63 bits per heavy atom. The Kier molecular flexibility index (Phi) is 5.52. The maximum atomic E-state index is 12.7. The van der Waals surface area contributed by atoms with Gasteiger partial charge >= 0.3 is 5.97 Å². The van der Waals surface area contributed by atoms with E-state index in [4.69, 9.17) is 0 Å². The zero-order valence-electron chi connectivity index (χ0n) is 16.4. The Morgan fingerprint density at radius 2 is 1.87 bits per heavy atom. The number of amides is 2. The molecule has 30 heavy (non-hydrogen) atoms. The number of fused-ring (bicyclic) bond motifs is 1. The highest BCUT2D eigenvalue weighted by Crippen LogP contribution is 2.22. The van der Waals surface area contributed by atoms with E-state index in [1.807, 2.05) is 54.6 Å². The van der Waals surface area contributed by atoms with Crippen molar-refractivity contribution in [3.8, 4) is 0 Å². The van der Waals surface area contributed by atoms with Gasteiger partial charge in [0.05, 0.1) is 5.92 Å². The Bertz CT molecular complexity index is 1080. The third-order valence-corrected chi connectivity index (χ3v) is 5.52. The van der Waals surface area contributed by atoms with Crippen LogP contribution in [0, 0.1) is 5.92 Å². The molecule has 0 aliphatic carbocycles. The van der Waals surface area contributed by atoms with E-state index in [2.05, 4.69) is 10.3 Å². The molecule has 0 radical (unpaired) electrons. The number of hydrogen-bond acceptors (Lipinski definition) is 3. The number of rotatable bonds is 7. The summed E-state index contributed by atoms with van der Waals surface area (Å²) in [6.45, 7) is 0.736. The molecule has 1 aromatic heterocycles. The van der Waals surface area contributed by atoms with Crippen LogP contribution in [0.2, 0.25) is 0 Å². The molecule has 3 N–H and O–H groups in total. The minimum Gasteiger partial charge on any atom is -0.480 e. The lowest BCUT2D eigenvalue weighted by molar-refractivity contribution is -0.142. The third kappa shape index (κ3) is 4.20. The Morgan fingerprint density at radius 1 is 1.13 bits per heavy atom. The number of carboxylic acids is 1. The van der Waals surface area contributed by atoms with E-state index in [9.17, 15) is 19.5 Å². The second-order valence-corrected chi connectivity index (χ2v) is 7.62. The van der Waals surface area contributed by atoms with Crippen LogP contribution in [0.25, 0.3) is 10.9 Å². The number of aromatic nitrogens is 1. The van der Waals surface area contributed by atoms with Crippen LogP contribution in [0.4, 0.5) is 0 Å². The number of aromatic amines is 1. The van der Waals surface area contributed by atoms with Crippen LogP contribution in [0.3, 0.4) is 0 Å². The van der Waals surface area contributed by atoms with Gasteiger partial charge in [-0.2, -0.15) is 0 Å². The molecule has 1 saturated heterocycles. The fraction of sp³-hybridized carbons (Fsp3) is 0.261. The molecule has 1 aliphatic heterocycles. The summed E-state index contributed by atoms with van der Waals surface area (Å²) in [5, 5.41) is 13.2. The number of nitrogens with zero attached hydrogens (tertiary/aromatic N) is 1. The maximum absolute atomic E-state index is 12.7. The largest absolute Gasteiger partial charge is 0.480 e. The van der Waals surface area contributed by atoms with Gasteiger partial charge in [-0.3, -0.25) is 9.59 Å². The number of likely N-dealkylation sites (tertiary alicyclic amines) is 1. The molecule has 2 amide bonds. The molecule has 1 aliphatic rings. The van der Waals surface area contributed by atoms with Crippen molar-refractivity contribution in [1.82, 2.24) is 15.2 Å². The van der Waals surface area contributed by atoms with Crippen molar-refractivity contribution in [2.75, 3.05) is 6.54 Å². The lowest BCUT2D eigenvalue weighted by atomic mass is 10.0. The molecule has 0 spiro atoms. The molecule has 0 bridgehead atoms. The quantitative estimate of drug-likeness (QED) is 0.561. The summed E-state index contributed by atoms with van der Waals surface area (Å²) < 4.78 is 0. The normalized spacial score (nSPS) is 17.3. The van der Waals surface area contributed by atoms with Gasteiger partial charge in [-0.15, -0.1) is 0 Å². The van der Waals surface area contributed by atoms with Gasteiger partial charge in [0.2, 0.25) is 11.8 Å². The smallest absolute Gasteiger partial charge is 0.326 e. The first kappa shape index (κ1) is 19.7. The fourth-order valence-corrected chi connectivity index (χ4v) is 3.91. The van der Waals surface area contributed by atoms with E-state index >= 15 is 0 Å². The number of carbonyl (C=O) groups is 3. The number of nitrogens with one attached hydrogen (secondary N) is 2.